The molecule has 2 aliphatic heterocycles. The first kappa shape index (κ1) is 22.6. The molecule has 0 aliphatic carbocycles. The Morgan fingerprint density at radius 3 is 1.54 bits per heavy atom. The summed E-state index contributed by atoms with van der Waals surface area (Å²) in [5.74, 6) is -2.41. The van der Waals surface area contributed by atoms with Crippen LogP contribution in [0.5, 0.6) is 0 Å². The molecular formula is C25H12Cl2N2O6. The van der Waals surface area contributed by atoms with E-state index < -0.39 is 34.1 Å². The molecular weight excluding hydrogens is 495 g/mol. The van der Waals surface area contributed by atoms with Crippen LogP contribution in [0.4, 0.5) is 11.4 Å². The summed E-state index contributed by atoms with van der Waals surface area (Å²) in [5, 5.41) is -1.51. The SMILES string of the molecule is Cc1cc(N2C(=O)c3ccc(C(=O)Cl)cc3C2=O)ccc1N1C(=O)c2ccc(C(=O)Cl)cc2C1=O. The molecule has 0 saturated heterocycles. The van der Waals surface area contributed by atoms with E-state index in [-0.39, 0.29) is 44.8 Å². The molecule has 3 aromatic carbocycles. The van der Waals surface area contributed by atoms with Crippen molar-refractivity contribution in [3.63, 3.8) is 0 Å². The Kier molecular flexibility index (Phi) is 5.16. The summed E-state index contributed by atoms with van der Waals surface area (Å²) in [6, 6.07) is 12.4. The normalized spacial score (nSPS) is 14.5. The van der Waals surface area contributed by atoms with E-state index in [1.54, 1.807) is 6.92 Å². The molecule has 3 aromatic rings. The third-order valence-electron chi connectivity index (χ3n) is 5.91. The maximum absolute atomic E-state index is 13.0. The van der Waals surface area contributed by atoms with Crippen molar-refractivity contribution in [2.45, 2.75) is 6.92 Å². The van der Waals surface area contributed by atoms with Crippen LogP contribution in [0.1, 0.15) is 67.7 Å². The van der Waals surface area contributed by atoms with Gasteiger partial charge in [0, 0.05) is 11.1 Å². The number of carbonyl (C=O) groups is 6. The smallest absolute Gasteiger partial charge is 0.266 e. The number of imide groups is 2. The zero-order valence-electron chi connectivity index (χ0n) is 17.8. The van der Waals surface area contributed by atoms with Crippen molar-refractivity contribution in [1.29, 1.82) is 0 Å². The fourth-order valence-electron chi connectivity index (χ4n) is 4.21. The molecule has 35 heavy (non-hydrogen) atoms. The number of amides is 4. The Bertz CT molecular complexity index is 1560. The monoisotopic (exact) mass is 506 g/mol. The number of hydrogen-bond donors (Lipinski definition) is 0. The lowest BCUT2D eigenvalue weighted by Gasteiger charge is -2.20. The van der Waals surface area contributed by atoms with E-state index in [1.807, 2.05) is 0 Å². The Morgan fingerprint density at radius 2 is 1.06 bits per heavy atom. The second-order valence-electron chi connectivity index (χ2n) is 7.93. The molecule has 5 rings (SSSR count). The van der Waals surface area contributed by atoms with Crippen molar-refractivity contribution < 1.29 is 28.8 Å². The van der Waals surface area contributed by atoms with Crippen LogP contribution in [-0.2, 0) is 0 Å². The predicted octanol–water partition coefficient (Wildman–Crippen LogP) is 4.35. The lowest BCUT2D eigenvalue weighted by molar-refractivity contribution is 0.0909. The average Bonchev–Trinajstić information content (AvgIpc) is 3.22. The van der Waals surface area contributed by atoms with Gasteiger partial charge in [-0.3, -0.25) is 28.8 Å². The van der Waals surface area contributed by atoms with Gasteiger partial charge in [0.2, 0.25) is 0 Å². The van der Waals surface area contributed by atoms with Crippen molar-refractivity contribution in [1.82, 2.24) is 0 Å². The highest BCUT2D eigenvalue weighted by atomic mass is 35.5. The van der Waals surface area contributed by atoms with Crippen LogP contribution in [0.15, 0.2) is 54.6 Å². The second kappa shape index (κ2) is 7.97. The van der Waals surface area contributed by atoms with Gasteiger partial charge in [0.15, 0.2) is 0 Å². The number of carbonyl (C=O) groups excluding carboxylic acids is 6. The highest BCUT2D eigenvalue weighted by Gasteiger charge is 2.40. The molecule has 0 aromatic heterocycles. The Balaban J connectivity index is 1.50. The minimum atomic E-state index is -0.754. The van der Waals surface area contributed by atoms with Crippen molar-refractivity contribution in [2.75, 3.05) is 9.80 Å². The van der Waals surface area contributed by atoms with E-state index in [0.717, 1.165) is 9.80 Å². The van der Waals surface area contributed by atoms with E-state index >= 15 is 0 Å². The third kappa shape index (κ3) is 3.38. The molecule has 2 heterocycles. The lowest BCUT2D eigenvalue weighted by atomic mass is 10.1. The van der Waals surface area contributed by atoms with Gasteiger partial charge in [0.1, 0.15) is 0 Å². The van der Waals surface area contributed by atoms with Crippen molar-refractivity contribution in [3.05, 3.63) is 93.5 Å². The Morgan fingerprint density at radius 1 is 0.600 bits per heavy atom. The van der Waals surface area contributed by atoms with E-state index in [1.165, 1.54) is 54.6 Å². The van der Waals surface area contributed by atoms with Crippen molar-refractivity contribution in [3.8, 4) is 0 Å². The summed E-state index contributed by atoms with van der Waals surface area (Å²) in [6.07, 6.45) is 0. The number of hydrogen-bond acceptors (Lipinski definition) is 6. The Labute approximate surface area is 207 Å². The number of nitrogens with zero attached hydrogens (tertiary/aromatic N) is 2. The highest BCUT2D eigenvalue weighted by molar-refractivity contribution is 6.68. The van der Waals surface area contributed by atoms with Crippen molar-refractivity contribution >= 4 is 68.7 Å². The van der Waals surface area contributed by atoms with Gasteiger partial charge in [0.25, 0.3) is 34.1 Å². The van der Waals surface area contributed by atoms with Crippen LogP contribution in [0, 0.1) is 6.92 Å². The van der Waals surface area contributed by atoms with Gasteiger partial charge in [-0.05, 0) is 90.3 Å². The molecule has 2 aliphatic rings. The second-order valence-corrected chi connectivity index (χ2v) is 8.62. The van der Waals surface area contributed by atoms with Gasteiger partial charge in [-0.15, -0.1) is 0 Å². The minimum absolute atomic E-state index is 0.0493. The number of benzene rings is 3. The summed E-state index contributed by atoms with van der Waals surface area (Å²) in [6.45, 7) is 1.62. The van der Waals surface area contributed by atoms with E-state index in [9.17, 15) is 28.8 Å². The van der Waals surface area contributed by atoms with Gasteiger partial charge in [-0.1, -0.05) is 0 Å². The van der Waals surface area contributed by atoms with Crippen LogP contribution in [0.25, 0.3) is 0 Å². The maximum Gasteiger partial charge on any atom is 0.266 e. The molecule has 0 saturated carbocycles. The fraction of sp³-hybridized carbons (Fsp3) is 0.0400. The first-order chi connectivity index (χ1) is 16.6. The summed E-state index contributed by atoms with van der Waals surface area (Å²) < 4.78 is 0. The summed E-state index contributed by atoms with van der Waals surface area (Å²) >= 11 is 11.0. The zero-order chi connectivity index (χ0) is 25.2. The number of halogens is 2. The molecule has 0 atom stereocenters. The summed E-state index contributed by atoms with van der Waals surface area (Å²) in [5.41, 5.74) is 1.46. The molecule has 0 N–H and O–H groups in total. The van der Waals surface area contributed by atoms with Crippen LogP contribution < -0.4 is 9.80 Å². The topological polar surface area (TPSA) is 109 Å². The van der Waals surface area contributed by atoms with Crippen molar-refractivity contribution in [2.24, 2.45) is 0 Å². The summed E-state index contributed by atoms with van der Waals surface area (Å²) in [4.78, 5) is 76.7. The molecule has 4 amide bonds. The van der Waals surface area contributed by atoms with Gasteiger partial charge in [0.05, 0.1) is 33.6 Å². The first-order valence-corrected chi connectivity index (χ1v) is 10.9. The van der Waals surface area contributed by atoms with Gasteiger partial charge in [-0.25, -0.2) is 9.80 Å². The standard InChI is InChI=1S/C25H12Cl2N2O6/c1-11-8-14(28-22(32)15-5-2-12(20(26)30)9-17(15)24(28)34)4-7-19(11)29-23(33)16-6-3-13(21(27)31)10-18(16)25(29)35/h2-10H,1H3. The van der Waals surface area contributed by atoms with E-state index in [4.69, 9.17) is 23.2 Å². The molecule has 10 heteroatoms. The molecule has 0 radical (unpaired) electrons. The van der Waals surface area contributed by atoms with E-state index in [0.29, 0.717) is 5.56 Å². The molecule has 0 unspecified atom stereocenters. The van der Waals surface area contributed by atoms with Gasteiger partial charge >= 0.3 is 0 Å². The Hall–Kier alpha value is -4.14. The average molecular weight is 507 g/mol. The van der Waals surface area contributed by atoms with Crippen LogP contribution in [-0.4, -0.2) is 34.1 Å². The number of rotatable bonds is 4. The summed E-state index contributed by atoms with van der Waals surface area (Å²) in [7, 11) is 0. The van der Waals surface area contributed by atoms with E-state index in [2.05, 4.69) is 0 Å². The zero-order valence-corrected chi connectivity index (χ0v) is 19.3. The van der Waals surface area contributed by atoms with Gasteiger partial charge < -0.3 is 0 Å². The quantitative estimate of drug-likeness (QED) is 0.384. The van der Waals surface area contributed by atoms with Crippen LogP contribution >= 0.6 is 23.2 Å². The first-order valence-electron chi connectivity index (χ1n) is 10.2. The molecule has 172 valence electrons. The predicted molar refractivity (Wildman–Crippen MR) is 127 cm³/mol. The third-order valence-corrected chi connectivity index (χ3v) is 6.34. The number of aryl methyl sites for hydroxylation is 1. The maximum atomic E-state index is 13.0. The van der Waals surface area contributed by atoms with Crippen LogP contribution in [0.2, 0.25) is 0 Å². The number of anilines is 2. The molecule has 0 spiro atoms. The molecule has 0 bridgehead atoms. The van der Waals surface area contributed by atoms with Gasteiger partial charge in [-0.2, -0.15) is 0 Å². The largest absolute Gasteiger partial charge is 0.276 e. The molecule has 0 fully saturated rings. The number of fused-ring (bicyclic) bond motifs is 2. The molecule has 8 nitrogen and oxygen atoms in total. The highest BCUT2D eigenvalue weighted by Crippen LogP contribution is 2.35. The minimum Gasteiger partial charge on any atom is -0.276 e. The fourth-order valence-corrected chi connectivity index (χ4v) is 4.44. The lowest BCUT2D eigenvalue weighted by Crippen LogP contribution is -2.31. The van der Waals surface area contributed by atoms with Crippen LogP contribution in [0.3, 0.4) is 0 Å².